The number of rotatable bonds is 2. The third kappa shape index (κ3) is 2.19. The van der Waals surface area contributed by atoms with E-state index in [4.69, 9.17) is 11.5 Å². The van der Waals surface area contributed by atoms with Crippen molar-refractivity contribution < 1.29 is 0 Å². The lowest BCUT2D eigenvalue weighted by Gasteiger charge is -2.09. The summed E-state index contributed by atoms with van der Waals surface area (Å²) in [5, 5.41) is 8.17. The zero-order chi connectivity index (χ0) is 15.8. The van der Waals surface area contributed by atoms with Crippen LogP contribution in [0.4, 0.5) is 11.5 Å². The van der Waals surface area contributed by atoms with Gasteiger partial charge in [-0.25, -0.2) is 0 Å². The highest BCUT2D eigenvalue weighted by Gasteiger charge is 2.14. The molecule has 5 heteroatoms. The number of nitrogens with one attached hydrogen (secondary N) is 1. The molecular weight excluding hydrogens is 286 g/mol. The molecule has 2 heterocycles. The number of hydrogen-bond donors (Lipinski definition) is 3. The molecule has 0 spiro atoms. The third-order valence-corrected chi connectivity index (χ3v) is 3.96. The molecule has 4 aromatic rings. The maximum atomic E-state index is 6.11. The molecule has 0 unspecified atom stereocenters. The average Bonchev–Trinajstić information content (AvgIpc) is 2.98. The first-order valence-corrected chi connectivity index (χ1v) is 7.27. The largest absolute Gasteiger partial charge is 0.399 e. The molecule has 2 aromatic heterocycles. The Bertz CT molecular complexity index is 972. The average molecular weight is 301 g/mol. The summed E-state index contributed by atoms with van der Waals surface area (Å²) in [7, 11) is 0. The number of H-pyrrole nitrogens is 1. The normalized spacial score (nSPS) is 11.0. The second-order valence-electron chi connectivity index (χ2n) is 5.38. The number of pyridine rings is 1. The Kier molecular flexibility index (Phi) is 2.98. The van der Waals surface area contributed by atoms with Gasteiger partial charge in [-0.3, -0.25) is 10.1 Å². The summed E-state index contributed by atoms with van der Waals surface area (Å²) in [6, 6.07) is 15.8. The van der Waals surface area contributed by atoms with E-state index in [1.807, 2.05) is 36.4 Å². The molecule has 0 aliphatic rings. The second kappa shape index (κ2) is 5.14. The highest BCUT2D eigenvalue weighted by Crippen LogP contribution is 2.37. The molecule has 5 N–H and O–H groups in total. The summed E-state index contributed by atoms with van der Waals surface area (Å²) in [4.78, 5) is 4.07. The predicted molar refractivity (Wildman–Crippen MR) is 93.6 cm³/mol. The molecule has 0 saturated heterocycles. The molecule has 0 amide bonds. The summed E-state index contributed by atoms with van der Waals surface area (Å²) < 4.78 is 0. The Hall–Kier alpha value is -3.34. The van der Waals surface area contributed by atoms with Crippen LogP contribution in [-0.2, 0) is 0 Å². The van der Waals surface area contributed by atoms with Gasteiger partial charge >= 0.3 is 0 Å². The number of benzene rings is 2. The van der Waals surface area contributed by atoms with Gasteiger partial charge in [-0.05, 0) is 41.0 Å². The van der Waals surface area contributed by atoms with Crippen molar-refractivity contribution in [3.63, 3.8) is 0 Å². The number of nitrogens with zero attached hydrogens (tertiary/aromatic N) is 2. The van der Waals surface area contributed by atoms with E-state index in [1.165, 1.54) is 0 Å². The van der Waals surface area contributed by atoms with Crippen LogP contribution in [0.2, 0.25) is 0 Å². The topological polar surface area (TPSA) is 93.6 Å². The molecule has 5 nitrogen and oxygen atoms in total. The maximum Gasteiger partial charge on any atom is 0.153 e. The Morgan fingerprint density at radius 3 is 2.13 bits per heavy atom. The van der Waals surface area contributed by atoms with Crippen LogP contribution in [0.3, 0.4) is 0 Å². The summed E-state index contributed by atoms with van der Waals surface area (Å²) >= 11 is 0. The van der Waals surface area contributed by atoms with Crippen molar-refractivity contribution >= 4 is 22.4 Å². The van der Waals surface area contributed by atoms with Crippen LogP contribution >= 0.6 is 0 Å². The summed E-state index contributed by atoms with van der Waals surface area (Å²) in [5.41, 5.74) is 17.7. The van der Waals surface area contributed by atoms with E-state index < -0.39 is 0 Å². The highest BCUT2D eigenvalue weighted by molar-refractivity contribution is 6.07. The van der Waals surface area contributed by atoms with E-state index in [2.05, 4.69) is 27.3 Å². The van der Waals surface area contributed by atoms with E-state index in [9.17, 15) is 0 Å². The van der Waals surface area contributed by atoms with Crippen LogP contribution < -0.4 is 11.5 Å². The number of anilines is 2. The number of nitrogen functional groups attached to an aromatic ring is 2. The Balaban J connectivity index is 1.99. The first-order valence-electron chi connectivity index (χ1n) is 7.27. The van der Waals surface area contributed by atoms with Crippen molar-refractivity contribution in [2.24, 2.45) is 0 Å². The molecule has 112 valence electrons. The van der Waals surface area contributed by atoms with Gasteiger partial charge in [0.2, 0.25) is 0 Å². The van der Waals surface area contributed by atoms with E-state index in [1.54, 1.807) is 12.4 Å². The van der Waals surface area contributed by atoms with Gasteiger partial charge in [0.15, 0.2) is 5.82 Å². The minimum atomic E-state index is 0.489. The zero-order valence-electron chi connectivity index (χ0n) is 12.3. The summed E-state index contributed by atoms with van der Waals surface area (Å²) in [6.07, 6.45) is 3.55. The fourth-order valence-corrected chi connectivity index (χ4v) is 2.83. The predicted octanol–water partition coefficient (Wildman–Crippen LogP) is 3.46. The van der Waals surface area contributed by atoms with Crippen molar-refractivity contribution in [1.29, 1.82) is 0 Å². The number of hydrogen-bond acceptors (Lipinski definition) is 4. The van der Waals surface area contributed by atoms with Crippen molar-refractivity contribution in [1.82, 2.24) is 15.2 Å². The maximum absolute atomic E-state index is 6.11. The van der Waals surface area contributed by atoms with Crippen LogP contribution in [0, 0.1) is 0 Å². The van der Waals surface area contributed by atoms with Gasteiger partial charge in [0.1, 0.15) is 0 Å². The van der Waals surface area contributed by atoms with Crippen molar-refractivity contribution in [2.75, 3.05) is 11.5 Å². The number of nitrogens with two attached hydrogens (primary N) is 2. The number of aromatic amines is 1. The minimum Gasteiger partial charge on any atom is -0.399 e. The van der Waals surface area contributed by atoms with E-state index in [-0.39, 0.29) is 0 Å². The monoisotopic (exact) mass is 301 g/mol. The number of fused-ring (bicyclic) bond motifs is 1. The van der Waals surface area contributed by atoms with Crippen molar-refractivity contribution in [3.8, 4) is 22.3 Å². The molecule has 0 atom stereocenters. The molecule has 4 rings (SSSR count). The molecule has 2 aromatic carbocycles. The van der Waals surface area contributed by atoms with Gasteiger partial charge in [0.05, 0.1) is 10.9 Å². The van der Waals surface area contributed by atoms with Gasteiger partial charge in [0, 0.05) is 23.6 Å². The lowest BCUT2D eigenvalue weighted by atomic mass is 9.96. The second-order valence-corrected chi connectivity index (χ2v) is 5.38. The Morgan fingerprint density at radius 1 is 0.739 bits per heavy atom. The van der Waals surface area contributed by atoms with E-state index >= 15 is 0 Å². The molecule has 23 heavy (non-hydrogen) atoms. The van der Waals surface area contributed by atoms with Gasteiger partial charge < -0.3 is 11.5 Å². The molecule has 0 aliphatic heterocycles. The lowest BCUT2D eigenvalue weighted by Crippen LogP contribution is -1.89. The molecule has 0 radical (unpaired) electrons. The SMILES string of the molecule is Nc1ccc(-c2ccc(-c3ccncc3)c3[nH]nc(N)c23)cc1. The van der Waals surface area contributed by atoms with E-state index in [0.29, 0.717) is 5.82 Å². The molecule has 0 saturated carbocycles. The number of aromatic nitrogens is 3. The Labute approximate surface area is 133 Å². The minimum absolute atomic E-state index is 0.489. The fourth-order valence-electron chi connectivity index (χ4n) is 2.83. The van der Waals surface area contributed by atoms with Crippen LogP contribution in [-0.4, -0.2) is 15.2 Å². The Morgan fingerprint density at radius 2 is 1.39 bits per heavy atom. The quantitative estimate of drug-likeness (QED) is 0.494. The first kappa shape index (κ1) is 13.3. The van der Waals surface area contributed by atoms with Crippen LogP contribution in [0.5, 0.6) is 0 Å². The van der Waals surface area contributed by atoms with Crippen molar-refractivity contribution in [3.05, 3.63) is 60.9 Å². The van der Waals surface area contributed by atoms with Gasteiger partial charge in [-0.1, -0.05) is 24.3 Å². The van der Waals surface area contributed by atoms with Gasteiger partial charge in [0.25, 0.3) is 0 Å². The summed E-state index contributed by atoms with van der Waals surface area (Å²) in [6.45, 7) is 0. The standard InChI is InChI=1S/C18H15N5/c19-13-3-1-11(2-4-13)14-5-6-15(12-7-9-21-10-8-12)17-16(14)18(20)23-22-17/h1-10H,19H2,(H3,20,22,23). The van der Waals surface area contributed by atoms with Crippen LogP contribution in [0.25, 0.3) is 33.2 Å². The molecule has 0 fully saturated rings. The first-order chi connectivity index (χ1) is 11.2. The molecule has 0 bridgehead atoms. The highest BCUT2D eigenvalue weighted by atomic mass is 15.2. The third-order valence-electron chi connectivity index (χ3n) is 3.96. The van der Waals surface area contributed by atoms with E-state index in [0.717, 1.165) is 38.8 Å². The van der Waals surface area contributed by atoms with Crippen LogP contribution in [0.1, 0.15) is 0 Å². The zero-order valence-corrected chi connectivity index (χ0v) is 12.3. The summed E-state index contributed by atoms with van der Waals surface area (Å²) in [5.74, 6) is 0.489. The van der Waals surface area contributed by atoms with Gasteiger partial charge in [-0.2, -0.15) is 5.10 Å². The van der Waals surface area contributed by atoms with Crippen molar-refractivity contribution in [2.45, 2.75) is 0 Å². The van der Waals surface area contributed by atoms with Gasteiger partial charge in [-0.15, -0.1) is 0 Å². The lowest BCUT2D eigenvalue weighted by molar-refractivity contribution is 1.13. The molecule has 0 aliphatic carbocycles. The molecular formula is C18H15N5. The smallest absolute Gasteiger partial charge is 0.153 e. The fraction of sp³-hybridized carbons (Fsp3) is 0. The van der Waals surface area contributed by atoms with Crippen LogP contribution in [0.15, 0.2) is 60.9 Å².